The molecule has 0 bridgehead atoms. The molecule has 0 spiro atoms. The second-order valence-corrected chi connectivity index (χ2v) is 3.88. The molecule has 1 N–H and O–H groups in total. The van der Waals surface area contributed by atoms with Gasteiger partial charge in [0.05, 0.1) is 6.04 Å². The van der Waals surface area contributed by atoms with Crippen LogP contribution in [-0.4, -0.2) is 25.5 Å². The van der Waals surface area contributed by atoms with Gasteiger partial charge in [-0.1, -0.05) is 18.2 Å². The van der Waals surface area contributed by atoms with Crippen LogP contribution in [0.25, 0.3) is 0 Å². The predicted octanol–water partition coefficient (Wildman–Crippen LogP) is 1.40. The molecule has 1 aliphatic heterocycles. The van der Waals surface area contributed by atoms with Crippen LogP contribution < -0.4 is 10.2 Å². The number of carbonyl (C=O) groups is 1. The van der Waals surface area contributed by atoms with Gasteiger partial charge in [0, 0.05) is 12.7 Å². The zero-order valence-electron chi connectivity index (χ0n) is 8.94. The lowest BCUT2D eigenvalue weighted by molar-refractivity contribution is -0.119. The fraction of sp³-hybridized carbons (Fsp3) is 0.417. The van der Waals surface area contributed by atoms with E-state index >= 15 is 0 Å². The number of hydrogen-bond acceptors (Lipinski definition) is 2. The molecule has 0 aromatic heterocycles. The second kappa shape index (κ2) is 4.45. The lowest BCUT2D eigenvalue weighted by Crippen LogP contribution is -2.41. The number of nitrogens with one attached hydrogen (secondary N) is 1. The van der Waals surface area contributed by atoms with Crippen LogP contribution in [0.3, 0.4) is 0 Å². The molecule has 1 saturated heterocycles. The van der Waals surface area contributed by atoms with Crippen molar-refractivity contribution in [3.05, 3.63) is 30.3 Å². The van der Waals surface area contributed by atoms with E-state index in [1.807, 2.05) is 37.4 Å². The first-order chi connectivity index (χ1) is 7.29. The Morgan fingerprint density at radius 1 is 1.40 bits per heavy atom. The van der Waals surface area contributed by atoms with Crippen LogP contribution in [0.5, 0.6) is 0 Å². The van der Waals surface area contributed by atoms with Gasteiger partial charge in [0.25, 0.3) is 0 Å². The number of amides is 1. The highest BCUT2D eigenvalue weighted by atomic mass is 16.2. The summed E-state index contributed by atoms with van der Waals surface area (Å²) in [5.74, 6) is 0.165. The van der Waals surface area contributed by atoms with Gasteiger partial charge in [0.2, 0.25) is 5.91 Å². The van der Waals surface area contributed by atoms with E-state index in [0.717, 1.165) is 25.1 Å². The molecule has 3 nitrogen and oxygen atoms in total. The molecule has 1 aromatic carbocycles. The summed E-state index contributed by atoms with van der Waals surface area (Å²) < 4.78 is 0. The first kappa shape index (κ1) is 10.2. The Balaban J connectivity index is 2.07. The SMILES string of the molecule is CN(C(=O)[C@@H]1CCCN1)c1ccccc1. The molecule has 0 unspecified atom stereocenters. The van der Waals surface area contributed by atoms with Crippen molar-refractivity contribution in [1.82, 2.24) is 5.32 Å². The molecule has 3 heteroatoms. The molecule has 80 valence electrons. The number of hydrogen-bond donors (Lipinski definition) is 1. The van der Waals surface area contributed by atoms with Crippen LogP contribution in [0.4, 0.5) is 5.69 Å². The quantitative estimate of drug-likeness (QED) is 0.789. The Morgan fingerprint density at radius 3 is 2.73 bits per heavy atom. The summed E-state index contributed by atoms with van der Waals surface area (Å²) in [6.45, 7) is 0.957. The molecule has 1 heterocycles. The summed E-state index contributed by atoms with van der Waals surface area (Å²) in [4.78, 5) is 13.7. The first-order valence-corrected chi connectivity index (χ1v) is 5.35. The average Bonchev–Trinajstić information content (AvgIpc) is 2.82. The maximum absolute atomic E-state index is 12.0. The maximum atomic E-state index is 12.0. The van der Waals surface area contributed by atoms with Crippen molar-refractivity contribution in [3.8, 4) is 0 Å². The van der Waals surface area contributed by atoms with E-state index in [-0.39, 0.29) is 11.9 Å². The number of rotatable bonds is 2. The summed E-state index contributed by atoms with van der Waals surface area (Å²) in [6, 6.07) is 9.76. The van der Waals surface area contributed by atoms with E-state index in [0.29, 0.717) is 0 Å². The van der Waals surface area contributed by atoms with Gasteiger partial charge >= 0.3 is 0 Å². The Morgan fingerprint density at radius 2 is 2.13 bits per heavy atom. The molecular weight excluding hydrogens is 188 g/mol. The summed E-state index contributed by atoms with van der Waals surface area (Å²) in [6.07, 6.45) is 2.05. The molecule has 1 aromatic rings. The monoisotopic (exact) mass is 204 g/mol. The fourth-order valence-corrected chi connectivity index (χ4v) is 1.91. The number of benzene rings is 1. The van der Waals surface area contributed by atoms with Gasteiger partial charge in [-0.05, 0) is 31.5 Å². The van der Waals surface area contributed by atoms with E-state index in [2.05, 4.69) is 5.32 Å². The lowest BCUT2D eigenvalue weighted by Gasteiger charge is -2.21. The summed E-state index contributed by atoms with van der Waals surface area (Å²) >= 11 is 0. The minimum absolute atomic E-state index is 0.00945. The molecule has 1 amide bonds. The standard InChI is InChI=1S/C12H16N2O/c1-14(10-6-3-2-4-7-10)12(15)11-8-5-9-13-11/h2-4,6-7,11,13H,5,8-9H2,1H3/t11-/m0/s1. The smallest absolute Gasteiger partial charge is 0.243 e. The Hall–Kier alpha value is -1.35. The highest BCUT2D eigenvalue weighted by Crippen LogP contribution is 2.15. The number of carbonyl (C=O) groups excluding carboxylic acids is 1. The van der Waals surface area contributed by atoms with Crippen LogP contribution in [0, 0.1) is 0 Å². The van der Waals surface area contributed by atoms with Crippen molar-refractivity contribution >= 4 is 11.6 Å². The van der Waals surface area contributed by atoms with Gasteiger partial charge in [-0.15, -0.1) is 0 Å². The van der Waals surface area contributed by atoms with E-state index < -0.39 is 0 Å². The maximum Gasteiger partial charge on any atom is 0.243 e. The molecule has 1 fully saturated rings. The lowest BCUT2D eigenvalue weighted by atomic mass is 10.2. The average molecular weight is 204 g/mol. The third-order valence-electron chi connectivity index (χ3n) is 2.83. The summed E-state index contributed by atoms with van der Waals surface area (Å²) in [5, 5.41) is 3.22. The Labute approximate surface area is 90.1 Å². The molecule has 0 radical (unpaired) electrons. The van der Waals surface area contributed by atoms with E-state index in [1.165, 1.54) is 0 Å². The van der Waals surface area contributed by atoms with Crippen LogP contribution in [0.2, 0.25) is 0 Å². The van der Waals surface area contributed by atoms with Gasteiger partial charge in [-0.25, -0.2) is 0 Å². The van der Waals surface area contributed by atoms with Crippen molar-refractivity contribution in [2.75, 3.05) is 18.5 Å². The molecule has 0 saturated carbocycles. The molecule has 0 aliphatic carbocycles. The largest absolute Gasteiger partial charge is 0.314 e. The van der Waals surface area contributed by atoms with Crippen LogP contribution in [-0.2, 0) is 4.79 Å². The number of nitrogens with zero attached hydrogens (tertiary/aromatic N) is 1. The summed E-state index contributed by atoms with van der Waals surface area (Å²) in [7, 11) is 1.83. The molecule has 1 atom stereocenters. The predicted molar refractivity (Wildman–Crippen MR) is 60.9 cm³/mol. The van der Waals surface area contributed by atoms with Gasteiger partial charge in [0.1, 0.15) is 0 Å². The normalized spacial score (nSPS) is 20.2. The number of likely N-dealkylation sites (N-methyl/N-ethyl adjacent to an activating group) is 1. The topological polar surface area (TPSA) is 32.3 Å². The molecular formula is C12H16N2O. The first-order valence-electron chi connectivity index (χ1n) is 5.35. The van der Waals surface area contributed by atoms with Crippen LogP contribution >= 0.6 is 0 Å². The van der Waals surface area contributed by atoms with E-state index in [4.69, 9.17) is 0 Å². The third-order valence-corrected chi connectivity index (χ3v) is 2.83. The highest BCUT2D eigenvalue weighted by molar-refractivity contribution is 5.96. The van der Waals surface area contributed by atoms with Crippen molar-refractivity contribution < 1.29 is 4.79 Å². The zero-order valence-corrected chi connectivity index (χ0v) is 8.94. The van der Waals surface area contributed by atoms with Crippen molar-refractivity contribution in [2.24, 2.45) is 0 Å². The second-order valence-electron chi connectivity index (χ2n) is 3.88. The van der Waals surface area contributed by atoms with Gasteiger partial charge in [-0.2, -0.15) is 0 Å². The van der Waals surface area contributed by atoms with E-state index in [9.17, 15) is 4.79 Å². The Kier molecular flexibility index (Phi) is 3.02. The van der Waals surface area contributed by atoms with Crippen LogP contribution in [0.1, 0.15) is 12.8 Å². The van der Waals surface area contributed by atoms with Gasteiger partial charge in [0.15, 0.2) is 0 Å². The molecule has 1 aliphatic rings. The van der Waals surface area contributed by atoms with Gasteiger partial charge < -0.3 is 10.2 Å². The number of para-hydroxylation sites is 1. The minimum Gasteiger partial charge on any atom is -0.314 e. The fourth-order valence-electron chi connectivity index (χ4n) is 1.91. The van der Waals surface area contributed by atoms with Crippen molar-refractivity contribution in [2.45, 2.75) is 18.9 Å². The number of anilines is 1. The zero-order chi connectivity index (χ0) is 10.7. The minimum atomic E-state index is 0.00945. The van der Waals surface area contributed by atoms with Crippen LogP contribution in [0.15, 0.2) is 30.3 Å². The third kappa shape index (κ3) is 2.18. The molecule has 15 heavy (non-hydrogen) atoms. The summed E-state index contributed by atoms with van der Waals surface area (Å²) in [5.41, 5.74) is 0.955. The van der Waals surface area contributed by atoms with Crippen molar-refractivity contribution in [1.29, 1.82) is 0 Å². The van der Waals surface area contributed by atoms with Crippen molar-refractivity contribution in [3.63, 3.8) is 0 Å². The molecule has 2 rings (SSSR count). The van der Waals surface area contributed by atoms with E-state index in [1.54, 1.807) is 4.90 Å². The highest BCUT2D eigenvalue weighted by Gasteiger charge is 2.25. The van der Waals surface area contributed by atoms with Gasteiger partial charge in [-0.3, -0.25) is 4.79 Å². The Bertz CT molecular complexity index is 331.